The van der Waals surface area contributed by atoms with E-state index in [-0.39, 0.29) is 11.7 Å². The van der Waals surface area contributed by atoms with Gasteiger partial charge in [-0.05, 0) is 55.0 Å². The highest BCUT2D eigenvalue weighted by Crippen LogP contribution is 2.21. The molecule has 1 N–H and O–H groups in total. The largest absolute Gasteiger partial charge is 0.496 e. The summed E-state index contributed by atoms with van der Waals surface area (Å²) in [4.78, 5) is 13.0. The zero-order chi connectivity index (χ0) is 18.9. The van der Waals surface area contributed by atoms with Crippen LogP contribution in [0.1, 0.15) is 18.1 Å². The number of hydrogen-bond donors (Lipinski definition) is 1. The first-order valence-corrected chi connectivity index (χ1v) is 9.27. The number of halogens is 1. The summed E-state index contributed by atoms with van der Waals surface area (Å²) >= 11 is 7.27. The summed E-state index contributed by atoms with van der Waals surface area (Å²) in [6.45, 7) is 2.28. The highest BCUT2D eigenvalue weighted by Gasteiger charge is 2.07. The fourth-order valence-corrected chi connectivity index (χ4v) is 3.01. The maximum Gasteiger partial charge on any atom is 0.250 e. The fraction of sp³-hybridized carbons (Fsp3) is 0.263. The van der Waals surface area contributed by atoms with Gasteiger partial charge in [0.05, 0.1) is 25.2 Å². The molecule has 0 aliphatic carbocycles. The van der Waals surface area contributed by atoms with Gasteiger partial charge in [-0.2, -0.15) is 5.10 Å². The Labute approximate surface area is 162 Å². The third-order valence-electron chi connectivity index (χ3n) is 3.53. The smallest absolute Gasteiger partial charge is 0.250 e. The minimum absolute atomic E-state index is 0.171. The van der Waals surface area contributed by atoms with Gasteiger partial charge in [0.15, 0.2) is 0 Å². The Kier molecular flexibility index (Phi) is 7.97. The molecule has 0 saturated heterocycles. The quantitative estimate of drug-likeness (QED) is 0.417. The standard InChI is InChI=1S/C19H21ClN2O3S/c1-13(14-4-9-18(25-3)15(10-14)11-24-2)21-22-19(23)12-26-17-7-5-16(20)6-8-17/h4-10H,11-12H2,1-3H3,(H,22,23)/b21-13-. The van der Waals surface area contributed by atoms with Crippen molar-refractivity contribution in [1.82, 2.24) is 5.43 Å². The predicted octanol–water partition coefficient (Wildman–Crippen LogP) is 4.13. The molecule has 1 amide bonds. The average molecular weight is 393 g/mol. The Hall–Kier alpha value is -2.02. The SMILES string of the molecule is COCc1cc(/C(C)=N\NC(=O)CSc2ccc(Cl)cc2)ccc1OC. The van der Waals surface area contributed by atoms with Gasteiger partial charge >= 0.3 is 0 Å². The van der Waals surface area contributed by atoms with E-state index in [0.29, 0.717) is 17.3 Å². The number of hydrogen-bond acceptors (Lipinski definition) is 5. The van der Waals surface area contributed by atoms with Gasteiger partial charge in [0.25, 0.3) is 0 Å². The van der Waals surface area contributed by atoms with Crippen LogP contribution in [0.25, 0.3) is 0 Å². The Morgan fingerprint density at radius 2 is 1.92 bits per heavy atom. The molecule has 0 bridgehead atoms. The van der Waals surface area contributed by atoms with E-state index in [1.807, 2.05) is 37.3 Å². The summed E-state index contributed by atoms with van der Waals surface area (Å²) in [6.07, 6.45) is 0. The first kappa shape index (κ1) is 20.3. The Balaban J connectivity index is 1.95. The molecule has 2 aromatic carbocycles. The molecule has 2 aromatic rings. The Morgan fingerprint density at radius 3 is 2.58 bits per heavy atom. The van der Waals surface area contributed by atoms with E-state index in [1.54, 1.807) is 26.4 Å². The molecule has 138 valence electrons. The number of nitrogens with one attached hydrogen (secondary N) is 1. The molecule has 0 radical (unpaired) electrons. The van der Waals surface area contributed by atoms with Crippen LogP contribution in [0.4, 0.5) is 0 Å². The van der Waals surface area contributed by atoms with E-state index in [2.05, 4.69) is 10.5 Å². The molecule has 0 aromatic heterocycles. The van der Waals surface area contributed by atoms with Gasteiger partial charge in [0.2, 0.25) is 5.91 Å². The van der Waals surface area contributed by atoms with Crippen LogP contribution in [-0.2, 0) is 16.1 Å². The summed E-state index contributed by atoms with van der Waals surface area (Å²) < 4.78 is 10.5. The molecule has 0 aliphatic heterocycles. The van der Waals surface area contributed by atoms with Crippen molar-refractivity contribution in [2.75, 3.05) is 20.0 Å². The number of rotatable bonds is 8. The summed E-state index contributed by atoms with van der Waals surface area (Å²) in [5.74, 6) is 0.859. The van der Waals surface area contributed by atoms with Crippen LogP contribution < -0.4 is 10.2 Å². The van der Waals surface area contributed by atoms with Crippen LogP contribution >= 0.6 is 23.4 Å². The van der Waals surface area contributed by atoms with Crippen molar-refractivity contribution >= 4 is 35.0 Å². The van der Waals surface area contributed by atoms with Crippen LogP contribution in [0.2, 0.25) is 5.02 Å². The van der Waals surface area contributed by atoms with E-state index in [9.17, 15) is 4.79 Å². The zero-order valence-corrected chi connectivity index (χ0v) is 16.5. The van der Waals surface area contributed by atoms with Crippen molar-refractivity contribution in [3.05, 3.63) is 58.6 Å². The van der Waals surface area contributed by atoms with Crippen LogP contribution in [0.3, 0.4) is 0 Å². The van der Waals surface area contributed by atoms with Crippen LogP contribution in [-0.4, -0.2) is 31.6 Å². The van der Waals surface area contributed by atoms with Crippen molar-refractivity contribution < 1.29 is 14.3 Å². The molecule has 0 unspecified atom stereocenters. The lowest BCUT2D eigenvalue weighted by Crippen LogP contribution is -2.21. The maximum atomic E-state index is 12.0. The van der Waals surface area contributed by atoms with Crippen molar-refractivity contribution in [2.45, 2.75) is 18.4 Å². The number of methoxy groups -OCH3 is 2. The van der Waals surface area contributed by atoms with E-state index >= 15 is 0 Å². The number of thioether (sulfide) groups is 1. The first-order valence-electron chi connectivity index (χ1n) is 7.91. The highest BCUT2D eigenvalue weighted by molar-refractivity contribution is 8.00. The third kappa shape index (κ3) is 6.05. The van der Waals surface area contributed by atoms with Gasteiger partial charge in [-0.1, -0.05) is 11.6 Å². The molecule has 0 aliphatic rings. The number of ether oxygens (including phenoxy) is 2. The van der Waals surface area contributed by atoms with Crippen LogP contribution in [0, 0.1) is 0 Å². The molecule has 0 atom stereocenters. The monoisotopic (exact) mass is 392 g/mol. The van der Waals surface area contributed by atoms with Gasteiger partial charge in [-0.3, -0.25) is 4.79 Å². The molecule has 2 rings (SSSR count). The van der Waals surface area contributed by atoms with Gasteiger partial charge in [0.1, 0.15) is 5.75 Å². The van der Waals surface area contributed by atoms with Crippen molar-refractivity contribution in [1.29, 1.82) is 0 Å². The molecule has 7 heteroatoms. The van der Waals surface area contributed by atoms with Crippen molar-refractivity contribution in [3.8, 4) is 5.75 Å². The number of carbonyl (C=O) groups is 1. The van der Waals surface area contributed by atoms with Crippen molar-refractivity contribution in [2.24, 2.45) is 5.10 Å². The summed E-state index contributed by atoms with van der Waals surface area (Å²) in [5.41, 5.74) is 5.10. The van der Waals surface area contributed by atoms with E-state index in [1.165, 1.54) is 11.8 Å². The van der Waals surface area contributed by atoms with Gasteiger partial charge in [-0.25, -0.2) is 5.43 Å². The minimum Gasteiger partial charge on any atom is -0.496 e. The van der Waals surface area contributed by atoms with Crippen LogP contribution in [0.5, 0.6) is 5.75 Å². The van der Waals surface area contributed by atoms with Crippen LogP contribution in [0.15, 0.2) is 52.5 Å². The van der Waals surface area contributed by atoms with Gasteiger partial charge in [0, 0.05) is 22.6 Å². The topological polar surface area (TPSA) is 59.9 Å². The molecular formula is C19H21ClN2O3S. The second-order valence-corrected chi connectivity index (χ2v) is 6.92. The number of hydrazone groups is 1. The molecule has 5 nitrogen and oxygen atoms in total. The molecule has 0 heterocycles. The summed E-state index contributed by atoms with van der Waals surface area (Å²) in [5, 5.41) is 4.85. The predicted molar refractivity (Wildman–Crippen MR) is 106 cm³/mol. The number of nitrogens with zero attached hydrogens (tertiary/aromatic N) is 1. The molecule has 0 spiro atoms. The van der Waals surface area contributed by atoms with Gasteiger partial charge in [-0.15, -0.1) is 11.8 Å². The maximum absolute atomic E-state index is 12.0. The molecule has 26 heavy (non-hydrogen) atoms. The normalized spacial score (nSPS) is 11.3. The van der Waals surface area contributed by atoms with Gasteiger partial charge < -0.3 is 9.47 Å². The average Bonchev–Trinajstić information content (AvgIpc) is 2.65. The third-order valence-corrected chi connectivity index (χ3v) is 4.79. The number of benzene rings is 2. The van der Waals surface area contributed by atoms with E-state index in [4.69, 9.17) is 21.1 Å². The molecule has 0 fully saturated rings. The lowest BCUT2D eigenvalue weighted by atomic mass is 10.1. The Morgan fingerprint density at radius 1 is 1.19 bits per heavy atom. The Bertz CT molecular complexity index is 779. The number of amides is 1. The second-order valence-electron chi connectivity index (χ2n) is 5.43. The molecule has 0 saturated carbocycles. The molecular weight excluding hydrogens is 372 g/mol. The fourth-order valence-electron chi connectivity index (χ4n) is 2.19. The lowest BCUT2D eigenvalue weighted by molar-refractivity contribution is -0.118. The van der Waals surface area contributed by atoms with Crippen molar-refractivity contribution in [3.63, 3.8) is 0 Å². The minimum atomic E-state index is -0.171. The van der Waals surface area contributed by atoms with E-state index in [0.717, 1.165) is 21.8 Å². The first-order chi connectivity index (χ1) is 12.5. The summed E-state index contributed by atoms with van der Waals surface area (Å²) in [6, 6.07) is 13.0. The lowest BCUT2D eigenvalue weighted by Gasteiger charge is -2.10. The summed E-state index contributed by atoms with van der Waals surface area (Å²) in [7, 11) is 3.25. The zero-order valence-electron chi connectivity index (χ0n) is 14.9. The highest BCUT2D eigenvalue weighted by atomic mass is 35.5. The number of carbonyl (C=O) groups excluding carboxylic acids is 1. The van der Waals surface area contributed by atoms with E-state index < -0.39 is 0 Å². The second kappa shape index (κ2) is 10.2.